The van der Waals surface area contributed by atoms with Crippen molar-refractivity contribution in [1.82, 2.24) is 0 Å². The third-order valence-corrected chi connectivity index (χ3v) is 1.40. The van der Waals surface area contributed by atoms with Gasteiger partial charge < -0.3 is 0 Å². The number of hydrogen-bond donors (Lipinski definition) is 0. The molecule has 0 amide bonds. The van der Waals surface area contributed by atoms with Gasteiger partial charge in [-0.2, -0.15) is 0 Å². The van der Waals surface area contributed by atoms with Gasteiger partial charge in [-0.15, -0.1) is 12.3 Å². The molecule has 0 saturated carbocycles. The molecule has 0 spiro atoms. The van der Waals surface area contributed by atoms with Gasteiger partial charge in [-0.25, -0.2) is 0 Å². The van der Waals surface area contributed by atoms with E-state index in [0.29, 0.717) is 5.92 Å². The minimum Gasteiger partial charge on any atom is 0 e. The molecule has 0 fully saturated rings. The average Bonchev–Trinajstić information content (AvgIpc) is 2.66. The molecule has 0 bridgehead atoms. The topological polar surface area (TPSA) is 59.7 Å². The van der Waals surface area contributed by atoms with Crippen molar-refractivity contribution in [3.05, 3.63) is 56.4 Å². The Bertz CT molecular complexity index is 297. The molecule has 17 heavy (non-hydrogen) atoms. The summed E-state index contributed by atoms with van der Waals surface area (Å²) in [5, 5.41) is 0. The van der Waals surface area contributed by atoms with Gasteiger partial charge in [0.1, 0.15) is 0 Å². The molecule has 1 aliphatic carbocycles. The Hall–Kier alpha value is -1.31. The first-order valence-electron chi connectivity index (χ1n) is 4.00. The maximum absolute atomic E-state index is 7.50. The fourth-order valence-corrected chi connectivity index (χ4v) is 0.878. The second-order valence-electron chi connectivity index (χ2n) is 2.23. The quantitative estimate of drug-likeness (QED) is 0.308. The minimum absolute atomic E-state index is 0. The summed E-state index contributed by atoms with van der Waals surface area (Å²) in [6.07, 6.45) is 18.3. The van der Waals surface area contributed by atoms with Crippen molar-refractivity contribution in [2.24, 2.45) is 5.92 Å². The van der Waals surface area contributed by atoms with Crippen molar-refractivity contribution in [1.29, 1.82) is 0 Å². The third-order valence-electron chi connectivity index (χ3n) is 1.40. The Kier molecular flexibility index (Phi) is 42.7. The summed E-state index contributed by atoms with van der Waals surface area (Å²) in [4.78, 5) is 0. The summed E-state index contributed by atoms with van der Waals surface area (Å²) in [7, 11) is 0. The predicted octanol–water partition coefficient (Wildman–Crippen LogP) is 2.19. The molecular formula is C13H10MoO3. The monoisotopic (exact) mass is 312 g/mol. The number of terminal acetylenes is 1. The zero-order chi connectivity index (χ0) is 13.2. The standard InChI is InChI=1S/C10H10.3CO.Mo/c1-2-7-10-8-5-3-4-6-9-10;3*1-2;/h1,3-6,8-10H,7H2;;;;. The van der Waals surface area contributed by atoms with Crippen LogP contribution in [0.2, 0.25) is 0 Å². The molecule has 0 atom stereocenters. The van der Waals surface area contributed by atoms with Crippen LogP contribution in [0.4, 0.5) is 0 Å². The van der Waals surface area contributed by atoms with Crippen LogP contribution in [0.5, 0.6) is 0 Å². The first kappa shape index (κ1) is 24.8. The average molecular weight is 310 g/mol. The van der Waals surface area contributed by atoms with Gasteiger partial charge in [0, 0.05) is 33.4 Å². The largest absolute Gasteiger partial charge is 0 e. The van der Waals surface area contributed by atoms with Gasteiger partial charge in [-0.05, 0) is 0 Å². The van der Waals surface area contributed by atoms with E-state index in [4.69, 9.17) is 20.4 Å². The number of hydrogen-bond acceptors (Lipinski definition) is 0. The molecular weight excluding hydrogens is 300 g/mol. The van der Waals surface area contributed by atoms with Gasteiger partial charge in [-0.3, -0.25) is 0 Å². The molecule has 1 rings (SSSR count). The van der Waals surface area contributed by atoms with Gasteiger partial charge in [-0.1, -0.05) is 36.5 Å². The second-order valence-corrected chi connectivity index (χ2v) is 2.23. The summed E-state index contributed by atoms with van der Waals surface area (Å²) in [5.74, 6) is 3.07. The van der Waals surface area contributed by atoms with Crippen molar-refractivity contribution in [2.75, 3.05) is 0 Å². The summed E-state index contributed by atoms with van der Waals surface area (Å²) >= 11 is 0. The van der Waals surface area contributed by atoms with Crippen LogP contribution in [0.15, 0.2) is 36.5 Å². The van der Waals surface area contributed by atoms with E-state index in [9.17, 15) is 0 Å². The molecule has 0 aromatic heterocycles. The zero-order valence-corrected chi connectivity index (χ0v) is 11.0. The Labute approximate surface area is 116 Å². The van der Waals surface area contributed by atoms with E-state index in [0.717, 1.165) is 6.42 Å². The SMILES string of the molecule is C#CCC1C=CC=CC=C1.[C-]#[O+].[C-]#[O+].[C-]#[O+].[Mo]. The van der Waals surface area contributed by atoms with E-state index < -0.39 is 0 Å². The smallest absolute Gasteiger partial charge is 0 e. The van der Waals surface area contributed by atoms with E-state index in [2.05, 4.69) is 38.0 Å². The van der Waals surface area contributed by atoms with Crippen LogP contribution in [-0.2, 0) is 35.0 Å². The fourth-order valence-electron chi connectivity index (χ4n) is 0.878. The van der Waals surface area contributed by atoms with Crippen molar-refractivity contribution < 1.29 is 35.0 Å². The Balaban J connectivity index is -0.000000106. The molecule has 4 heteroatoms. The number of rotatable bonds is 1. The van der Waals surface area contributed by atoms with Gasteiger partial charge in [0.05, 0.1) is 0 Å². The Morgan fingerprint density at radius 2 is 1.24 bits per heavy atom. The minimum atomic E-state index is 0. The first-order valence-corrected chi connectivity index (χ1v) is 4.00. The first-order chi connectivity index (χ1) is 7.93. The molecule has 0 radical (unpaired) electrons. The third kappa shape index (κ3) is 20.7. The molecule has 86 valence electrons. The molecule has 0 aromatic rings. The summed E-state index contributed by atoms with van der Waals surface area (Å²) in [6, 6.07) is 0. The van der Waals surface area contributed by atoms with E-state index in [1.165, 1.54) is 0 Å². The molecule has 0 unspecified atom stereocenters. The Morgan fingerprint density at radius 1 is 0.882 bits per heavy atom. The summed E-state index contributed by atoms with van der Waals surface area (Å²) in [6.45, 7) is 13.5. The molecule has 3 nitrogen and oxygen atoms in total. The van der Waals surface area contributed by atoms with Crippen LogP contribution in [0.1, 0.15) is 6.42 Å². The maximum atomic E-state index is 7.50. The van der Waals surface area contributed by atoms with E-state index >= 15 is 0 Å². The van der Waals surface area contributed by atoms with E-state index in [1.54, 1.807) is 0 Å². The van der Waals surface area contributed by atoms with Gasteiger partial charge in [0.2, 0.25) is 0 Å². The summed E-state index contributed by atoms with van der Waals surface area (Å²) in [5.41, 5.74) is 0. The fraction of sp³-hybridized carbons (Fsp3) is 0.154. The van der Waals surface area contributed by atoms with Crippen LogP contribution in [0.3, 0.4) is 0 Å². The van der Waals surface area contributed by atoms with Crippen molar-refractivity contribution in [2.45, 2.75) is 6.42 Å². The Morgan fingerprint density at radius 3 is 1.53 bits per heavy atom. The van der Waals surface area contributed by atoms with Crippen LogP contribution < -0.4 is 0 Å². The second kappa shape index (κ2) is 29.3. The van der Waals surface area contributed by atoms with E-state index in [1.807, 2.05) is 24.3 Å². The molecule has 0 aliphatic heterocycles. The molecule has 0 heterocycles. The van der Waals surface area contributed by atoms with Crippen molar-refractivity contribution >= 4 is 0 Å². The zero-order valence-electron chi connectivity index (χ0n) is 8.96. The molecule has 0 saturated heterocycles. The normalized spacial score (nSPS) is 10.2. The maximum Gasteiger partial charge on any atom is 0 e. The molecule has 1 aliphatic rings. The van der Waals surface area contributed by atoms with Gasteiger partial charge in [0.25, 0.3) is 0 Å². The number of allylic oxidation sites excluding steroid dienone is 6. The predicted molar refractivity (Wildman–Crippen MR) is 56.1 cm³/mol. The van der Waals surface area contributed by atoms with Crippen LogP contribution >= 0.6 is 0 Å². The van der Waals surface area contributed by atoms with Crippen LogP contribution in [0.25, 0.3) is 0 Å². The van der Waals surface area contributed by atoms with Crippen LogP contribution in [-0.4, -0.2) is 0 Å². The van der Waals surface area contributed by atoms with Crippen LogP contribution in [0, 0.1) is 38.2 Å². The molecule has 0 N–H and O–H groups in total. The van der Waals surface area contributed by atoms with Crippen molar-refractivity contribution in [3.8, 4) is 12.3 Å². The summed E-state index contributed by atoms with van der Waals surface area (Å²) < 4.78 is 22.5. The van der Waals surface area contributed by atoms with Crippen molar-refractivity contribution in [3.63, 3.8) is 0 Å². The molecule has 0 aromatic carbocycles. The van der Waals surface area contributed by atoms with Gasteiger partial charge >= 0.3 is 33.9 Å². The van der Waals surface area contributed by atoms with E-state index in [-0.39, 0.29) is 21.1 Å². The van der Waals surface area contributed by atoms with Gasteiger partial charge in [0.15, 0.2) is 0 Å².